The quantitative estimate of drug-likeness (QED) is 0.272. The molecule has 0 aliphatic heterocycles. The Morgan fingerprint density at radius 3 is 2.47 bits per heavy atom. The maximum Gasteiger partial charge on any atom is 0.412 e. The molecule has 0 atom stereocenters. The van der Waals surface area contributed by atoms with E-state index in [9.17, 15) is 19.8 Å². The second-order valence-electron chi connectivity index (χ2n) is 5.95. The predicted molar refractivity (Wildman–Crippen MR) is 104 cm³/mol. The highest BCUT2D eigenvalue weighted by molar-refractivity contribution is 7.84. The average molecular weight is 441 g/mol. The second kappa shape index (κ2) is 11.6. The van der Waals surface area contributed by atoms with Crippen LogP contribution in [0.15, 0.2) is 42.7 Å². The van der Waals surface area contributed by atoms with Crippen LogP contribution in [0, 0.1) is 0 Å². The zero-order valence-electron chi connectivity index (χ0n) is 16.4. The molecule has 11 nitrogen and oxygen atoms in total. The molecule has 2 amide bonds. The third-order valence-electron chi connectivity index (χ3n) is 3.42. The van der Waals surface area contributed by atoms with Crippen molar-refractivity contribution >= 4 is 22.1 Å². The standard InChI is InChI=1S/C17H19N3O5.CH4O3S/c1-18-16(23)13-3-2-8-20(10-13)11-25-17(24)19-7-6-12-4-5-14(21)15(22)9-12;1-5(2,3)4/h2-5,8-10H,6-7,11H2,1H3,(H3-,18,19,21,22,23,24);1H3,(H,2,3,4). The van der Waals surface area contributed by atoms with Gasteiger partial charge in [-0.15, -0.1) is 0 Å². The first-order valence-corrected chi connectivity index (χ1v) is 10.3. The number of carbonyl (C=O) groups is 2. The van der Waals surface area contributed by atoms with Crippen molar-refractivity contribution in [3.8, 4) is 11.5 Å². The number of ether oxygens (including phenoxy) is 1. The molecule has 0 saturated carbocycles. The third kappa shape index (κ3) is 10.2. The number of amides is 2. The summed E-state index contributed by atoms with van der Waals surface area (Å²) in [6, 6.07) is 7.81. The summed E-state index contributed by atoms with van der Waals surface area (Å²) in [5, 5.41) is 23.7. The average Bonchev–Trinajstić information content (AvgIpc) is 2.67. The molecule has 4 N–H and O–H groups in total. The molecule has 0 radical (unpaired) electrons. The molecular formula is C18H23N3O8S. The Kier molecular flexibility index (Phi) is 9.52. The molecule has 0 aliphatic carbocycles. The highest BCUT2D eigenvalue weighted by Crippen LogP contribution is 2.24. The first kappa shape index (κ1) is 24.7. The van der Waals surface area contributed by atoms with Gasteiger partial charge in [0.1, 0.15) is 5.56 Å². The van der Waals surface area contributed by atoms with E-state index in [1.165, 1.54) is 19.2 Å². The van der Waals surface area contributed by atoms with E-state index in [4.69, 9.17) is 17.7 Å². The van der Waals surface area contributed by atoms with Gasteiger partial charge >= 0.3 is 6.09 Å². The fourth-order valence-electron chi connectivity index (χ4n) is 2.10. The lowest BCUT2D eigenvalue weighted by molar-refractivity contribution is -0.727. The summed E-state index contributed by atoms with van der Waals surface area (Å²) in [4.78, 5) is 23.2. The number of rotatable bonds is 6. The van der Waals surface area contributed by atoms with Crippen LogP contribution in [0.2, 0.25) is 0 Å². The van der Waals surface area contributed by atoms with Gasteiger partial charge in [0, 0.05) is 25.9 Å². The smallest absolute Gasteiger partial charge is 0.412 e. The molecule has 164 valence electrons. The lowest BCUT2D eigenvalue weighted by atomic mass is 10.1. The van der Waals surface area contributed by atoms with Crippen molar-refractivity contribution in [1.82, 2.24) is 10.6 Å². The Hall–Kier alpha value is -3.38. The van der Waals surface area contributed by atoms with Gasteiger partial charge in [0.15, 0.2) is 23.9 Å². The highest BCUT2D eigenvalue weighted by Gasteiger charge is 2.11. The van der Waals surface area contributed by atoms with E-state index < -0.39 is 16.2 Å². The number of hydrogen-bond donors (Lipinski definition) is 4. The maximum atomic E-state index is 11.7. The normalized spacial score (nSPS) is 10.4. The molecule has 12 heteroatoms. The molecule has 0 aliphatic rings. The molecule has 0 saturated heterocycles. The number of nitrogens with one attached hydrogen (secondary N) is 2. The summed E-state index contributed by atoms with van der Waals surface area (Å²) >= 11 is 0. The third-order valence-corrected chi connectivity index (χ3v) is 3.42. The van der Waals surface area contributed by atoms with Crippen LogP contribution < -0.4 is 15.2 Å². The number of carbonyl (C=O) groups excluding carboxylic acids is 2. The number of nitrogens with zero attached hydrogens (tertiary/aromatic N) is 1. The van der Waals surface area contributed by atoms with Crippen LogP contribution >= 0.6 is 0 Å². The Labute approximate surface area is 173 Å². The van der Waals surface area contributed by atoms with E-state index in [-0.39, 0.29) is 24.1 Å². The minimum absolute atomic E-state index is 0.0311. The van der Waals surface area contributed by atoms with Gasteiger partial charge in [0.05, 0.1) is 10.1 Å². The number of benzene rings is 1. The Bertz CT molecular complexity index is 971. The van der Waals surface area contributed by atoms with Crippen molar-refractivity contribution in [2.75, 3.05) is 19.8 Å². The van der Waals surface area contributed by atoms with Gasteiger partial charge in [-0.25, -0.2) is 13.2 Å². The SMILES string of the molecule is CNC(=O)c1ccc[n+](COC(=O)NCCc2ccc(O)c(O)c2)c1.CS(=O)(=O)[O-]. The predicted octanol–water partition coefficient (Wildman–Crippen LogP) is -0.167. The number of aromatic nitrogens is 1. The van der Waals surface area contributed by atoms with Gasteiger partial charge in [-0.2, -0.15) is 4.57 Å². The number of phenolic OH excluding ortho intramolecular Hbond substituents is 2. The van der Waals surface area contributed by atoms with Crippen LogP contribution in [-0.2, 0) is 28.0 Å². The van der Waals surface area contributed by atoms with Gasteiger partial charge in [0.25, 0.3) is 12.6 Å². The Balaban J connectivity index is 0.000000804. The number of alkyl carbamates (subject to hydrolysis) is 1. The number of phenols is 2. The molecule has 0 bridgehead atoms. The van der Waals surface area contributed by atoms with Gasteiger partial charge in [-0.05, 0) is 30.2 Å². The topological polar surface area (TPSA) is 169 Å². The molecular weight excluding hydrogens is 418 g/mol. The van der Waals surface area contributed by atoms with Crippen molar-refractivity contribution < 1.29 is 42.1 Å². The molecule has 30 heavy (non-hydrogen) atoms. The van der Waals surface area contributed by atoms with E-state index in [1.807, 2.05) is 0 Å². The molecule has 0 unspecified atom stereocenters. The van der Waals surface area contributed by atoms with Crippen LogP contribution in [0.25, 0.3) is 0 Å². The van der Waals surface area contributed by atoms with E-state index in [2.05, 4.69) is 10.6 Å². The second-order valence-corrected chi connectivity index (χ2v) is 7.36. The van der Waals surface area contributed by atoms with Gasteiger partial charge in [-0.3, -0.25) is 4.79 Å². The largest absolute Gasteiger partial charge is 0.748 e. The van der Waals surface area contributed by atoms with Crippen LogP contribution in [0.3, 0.4) is 0 Å². The van der Waals surface area contributed by atoms with Crippen LogP contribution in [0.4, 0.5) is 4.79 Å². The van der Waals surface area contributed by atoms with E-state index in [1.54, 1.807) is 35.2 Å². The van der Waals surface area contributed by atoms with Gasteiger partial charge in [-0.1, -0.05) is 6.07 Å². The van der Waals surface area contributed by atoms with Gasteiger partial charge in [0.2, 0.25) is 0 Å². The molecule has 0 fully saturated rings. The summed E-state index contributed by atoms with van der Waals surface area (Å²) in [6.07, 6.45) is 3.74. The Morgan fingerprint density at radius 2 is 1.87 bits per heavy atom. The first-order chi connectivity index (χ1) is 14.0. The monoisotopic (exact) mass is 441 g/mol. The summed E-state index contributed by atoms with van der Waals surface area (Å²) < 4.78 is 33.9. The molecule has 1 heterocycles. The molecule has 0 spiro atoms. The van der Waals surface area contributed by atoms with E-state index in [0.29, 0.717) is 24.8 Å². The Morgan fingerprint density at radius 1 is 1.20 bits per heavy atom. The van der Waals surface area contributed by atoms with E-state index in [0.717, 1.165) is 5.56 Å². The fraction of sp³-hybridized carbons (Fsp3) is 0.278. The summed E-state index contributed by atoms with van der Waals surface area (Å²) in [7, 11) is -2.38. The molecule has 2 rings (SSSR count). The number of aromatic hydroxyl groups is 2. The molecule has 1 aromatic carbocycles. The number of hydrogen-bond acceptors (Lipinski definition) is 8. The summed E-state index contributed by atoms with van der Waals surface area (Å²) in [5.41, 5.74) is 1.23. The van der Waals surface area contributed by atoms with E-state index >= 15 is 0 Å². The molecule has 2 aromatic rings. The summed E-state index contributed by atoms with van der Waals surface area (Å²) in [6.45, 7) is 0.280. The summed E-state index contributed by atoms with van der Waals surface area (Å²) in [5.74, 6) is -0.615. The van der Waals surface area contributed by atoms with Crippen molar-refractivity contribution in [3.05, 3.63) is 53.9 Å². The number of pyridine rings is 1. The van der Waals surface area contributed by atoms with Crippen molar-refractivity contribution in [2.45, 2.75) is 13.2 Å². The fourth-order valence-corrected chi connectivity index (χ4v) is 2.10. The zero-order valence-corrected chi connectivity index (χ0v) is 17.2. The molecule has 1 aromatic heterocycles. The maximum absolute atomic E-state index is 11.7. The zero-order chi connectivity index (χ0) is 22.7. The minimum Gasteiger partial charge on any atom is -0.748 e. The van der Waals surface area contributed by atoms with Crippen LogP contribution in [-0.4, -0.2) is 55.0 Å². The highest BCUT2D eigenvalue weighted by atomic mass is 32.2. The van der Waals surface area contributed by atoms with Gasteiger partial charge < -0.3 is 30.1 Å². The minimum atomic E-state index is -3.92. The van der Waals surface area contributed by atoms with Crippen molar-refractivity contribution in [1.29, 1.82) is 0 Å². The van der Waals surface area contributed by atoms with Crippen molar-refractivity contribution in [3.63, 3.8) is 0 Å². The lowest BCUT2D eigenvalue weighted by Crippen LogP contribution is -2.39. The van der Waals surface area contributed by atoms with Crippen LogP contribution in [0.1, 0.15) is 15.9 Å². The van der Waals surface area contributed by atoms with Crippen molar-refractivity contribution in [2.24, 2.45) is 0 Å². The van der Waals surface area contributed by atoms with Crippen LogP contribution in [0.5, 0.6) is 11.5 Å². The first-order valence-electron chi connectivity index (χ1n) is 8.53. The lowest BCUT2D eigenvalue weighted by Gasteiger charge is -2.06.